The van der Waals surface area contributed by atoms with Crippen molar-refractivity contribution >= 4 is 24.3 Å². The van der Waals surface area contributed by atoms with E-state index in [9.17, 15) is 14.7 Å². The van der Waals surface area contributed by atoms with Crippen LogP contribution in [0.1, 0.15) is 76.4 Å². The first-order chi connectivity index (χ1) is 25.2. The first-order valence-electron chi connectivity index (χ1n) is 17.8. The Morgan fingerprint density at radius 1 is 0.865 bits per heavy atom. The average Bonchev–Trinajstić information content (AvgIpc) is 3.51. The summed E-state index contributed by atoms with van der Waals surface area (Å²) in [7, 11) is 0. The molecule has 2 unspecified atom stereocenters. The Kier molecular flexibility index (Phi) is 16.1. The molecule has 2 heterocycles. The summed E-state index contributed by atoms with van der Waals surface area (Å²) in [5.41, 5.74) is 8.44. The van der Waals surface area contributed by atoms with Crippen LogP contribution in [0.15, 0.2) is 108 Å². The molecule has 0 radical (unpaired) electrons. The number of amides is 2. The van der Waals surface area contributed by atoms with Crippen molar-refractivity contribution in [1.29, 1.82) is 0 Å². The highest BCUT2D eigenvalue weighted by Gasteiger charge is 2.12. The number of carbonyl (C=O) groups is 2. The Balaban J connectivity index is 0.000000236. The van der Waals surface area contributed by atoms with Crippen molar-refractivity contribution < 1.29 is 14.7 Å². The minimum Gasteiger partial charge on any atom is -0.387 e. The molecule has 52 heavy (non-hydrogen) atoms. The molecular weight excluding hydrogens is 669 g/mol. The van der Waals surface area contributed by atoms with Crippen molar-refractivity contribution in [2.75, 3.05) is 13.1 Å². The van der Waals surface area contributed by atoms with E-state index >= 15 is 0 Å². The molecule has 0 bridgehead atoms. The van der Waals surface area contributed by atoms with Crippen LogP contribution >= 0.6 is 11.9 Å². The van der Waals surface area contributed by atoms with Gasteiger partial charge in [0.1, 0.15) is 5.82 Å². The highest BCUT2D eigenvalue weighted by atomic mass is 32.2. The number of benzene rings is 3. The predicted octanol–water partition coefficient (Wildman–Crippen LogP) is 6.78. The van der Waals surface area contributed by atoms with Crippen molar-refractivity contribution in [2.45, 2.75) is 77.6 Å². The molecule has 5 aromatic rings. The third-order valence-corrected chi connectivity index (χ3v) is 9.47. The molecule has 2 aromatic heterocycles. The standard InChI is InChI=1S/C24H31N3O.C18H21N3O2S/c1-5-20-7-6-8-21(14-20)13-17(2)25-16-23(28)22-11-12-24(26-15-22)27-18(3)9-10-19(27)4;1-2-21-24-17-5-3-4-15(10-17)12-20-18(23)16-8-6-14(7-9-16)11-19-13-22/h6-12,14-15,17,23,25,28H,5,13,16H2,1-4H3;3-10,13,21H,2,11-12H2,1H3,(H,19,22)(H,20,23). The van der Waals surface area contributed by atoms with Gasteiger partial charge in [-0.05, 0) is 110 Å². The smallest absolute Gasteiger partial charge is 0.251 e. The van der Waals surface area contributed by atoms with Crippen LogP contribution < -0.4 is 20.7 Å². The molecule has 0 aliphatic heterocycles. The fourth-order valence-electron chi connectivity index (χ4n) is 5.68. The first-order valence-corrected chi connectivity index (χ1v) is 18.7. The maximum Gasteiger partial charge on any atom is 0.251 e. The Morgan fingerprint density at radius 2 is 1.58 bits per heavy atom. The van der Waals surface area contributed by atoms with E-state index in [0.717, 1.165) is 58.2 Å². The lowest BCUT2D eigenvalue weighted by molar-refractivity contribution is -0.109. The number of nitrogens with zero attached hydrogens (tertiary/aromatic N) is 2. The fraction of sp³-hybridized carbons (Fsp3) is 0.310. The molecule has 5 rings (SSSR count). The lowest BCUT2D eigenvalue weighted by Gasteiger charge is -2.18. The van der Waals surface area contributed by atoms with Crippen LogP contribution in [0.25, 0.3) is 5.82 Å². The number of nitrogens with one attached hydrogen (secondary N) is 4. The number of aryl methyl sites for hydroxylation is 3. The Morgan fingerprint density at radius 3 is 2.25 bits per heavy atom. The summed E-state index contributed by atoms with van der Waals surface area (Å²) >= 11 is 1.58. The molecular formula is C42H52N6O3S. The Bertz CT molecular complexity index is 1820. The minimum absolute atomic E-state index is 0.116. The number of aliphatic hydroxyl groups is 1. The maximum atomic E-state index is 12.2. The Labute approximate surface area is 312 Å². The van der Waals surface area contributed by atoms with Crippen LogP contribution in [0, 0.1) is 13.8 Å². The zero-order valence-electron chi connectivity index (χ0n) is 30.9. The zero-order chi connectivity index (χ0) is 37.3. The summed E-state index contributed by atoms with van der Waals surface area (Å²) in [6, 6.07) is 32.4. The normalized spacial score (nSPS) is 12.0. The van der Waals surface area contributed by atoms with E-state index in [-0.39, 0.29) is 5.91 Å². The van der Waals surface area contributed by atoms with Gasteiger partial charge in [0.15, 0.2) is 0 Å². The van der Waals surface area contributed by atoms with Crippen molar-refractivity contribution in [2.24, 2.45) is 0 Å². The second-order valence-electron chi connectivity index (χ2n) is 12.7. The van der Waals surface area contributed by atoms with Crippen LogP contribution in [0.2, 0.25) is 0 Å². The molecule has 2 atom stereocenters. The first kappa shape index (κ1) is 40.0. The van der Waals surface area contributed by atoms with E-state index in [1.54, 1.807) is 30.3 Å². The van der Waals surface area contributed by atoms with Crippen molar-refractivity contribution in [1.82, 2.24) is 30.2 Å². The summed E-state index contributed by atoms with van der Waals surface area (Å²) in [6.07, 6.45) is 3.86. The highest BCUT2D eigenvalue weighted by Crippen LogP contribution is 2.18. The van der Waals surface area contributed by atoms with E-state index in [0.29, 0.717) is 37.6 Å². The molecule has 0 spiro atoms. The lowest BCUT2D eigenvalue weighted by Crippen LogP contribution is -2.32. The van der Waals surface area contributed by atoms with Gasteiger partial charge in [0.25, 0.3) is 5.91 Å². The van der Waals surface area contributed by atoms with Gasteiger partial charge >= 0.3 is 0 Å². The van der Waals surface area contributed by atoms with Crippen LogP contribution in [0.3, 0.4) is 0 Å². The van der Waals surface area contributed by atoms with Crippen molar-refractivity contribution in [3.8, 4) is 5.82 Å². The highest BCUT2D eigenvalue weighted by molar-refractivity contribution is 7.97. The molecule has 0 aliphatic carbocycles. The van der Waals surface area contributed by atoms with E-state index < -0.39 is 6.10 Å². The fourth-order valence-corrected chi connectivity index (χ4v) is 6.35. The van der Waals surface area contributed by atoms with Gasteiger partial charge in [-0.1, -0.05) is 68.4 Å². The molecule has 10 heteroatoms. The van der Waals surface area contributed by atoms with Crippen LogP contribution in [-0.2, 0) is 30.7 Å². The summed E-state index contributed by atoms with van der Waals surface area (Å²) in [5.74, 6) is 0.766. The molecule has 274 valence electrons. The molecule has 0 fully saturated rings. The van der Waals surface area contributed by atoms with Crippen LogP contribution in [-0.4, -0.2) is 46.1 Å². The van der Waals surface area contributed by atoms with E-state index in [2.05, 4.69) is 107 Å². The quantitative estimate of drug-likeness (QED) is 0.0531. The van der Waals surface area contributed by atoms with Gasteiger partial charge in [-0.2, -0.15) is 0 Å². The topological polar surface area (TPSA) is 120 Å². The number of aliphatic hydroxyl groups excluding tert-OH is 1. The average molecular weight is 721 g/mol. The van der Waals surface area contributed by atoms with E-state index in [4.69, 9.17) is 0 Å². The molecule has 5 N–H and O–H groups in total. The second-order valence-corrected chi connectivity index (χ2v) is 13.7. The van der Waals surface area contributed by atoms with Crippen LogP contribution in [0.4, 0.5) is 0 Å². The second kappa shape index (κ2) is 20.9. The van der Waals surface area contributed by atoms with Gasteiger partial charge in [0.05, 0.1) is 6.10 Å². The molecule has 0 saturated heterocycles. The number of carbonyl (C=O) groups excluding carboxylic acids is 2. The van der Waals surface area contributed by atoms with Crippen molar-refractivity contribution in [3.63, 3.8) is 0 Å². The molecule has 9 nitrogen and oxygen atoms in total. The number of hydrogen-bond donors (Lipinski definition) is 5. The summed E-state index contributed by atoms with van der Waals surface area (Å²) in [4.78, 5) is 28.1. The Hall–Kier alpha value is -4.74. The minimum atomic E-state index is -0.571. The summed E-state index contributed by atoms with van der Waals surface area (Å²) in [6.45, 7) is 12.9. The predicted molar refractivity (Wildman–Crippen MR) is 211 cm³/mol. The number of aromatic nitrogens is 2. The SMILES string of the molecule is CCNSc1cccc(CNC(=O)c2ccc(CNC=O)cc2)c1.CCc1cccc(CC(C)NCC(O)c2ccc(-n3c(C)ccc3C)nc2)c1. The zero-order valence-corrected chi connectivity index (χ0v) is 31.7. The van der Waals surface area contributed by atoms with Gasteiger partial charge in [-0.3, -0.25) is 14.3 Å². The van der Waals surface area contributed by atoms with E-state index in [1.165, 1.54) is 11.1 Å². The van der Waals surface area contributed by atoms with Gasteiger partial charge in [-0.15, -0.1) is 0 Å². The third kappa shape index (κ3) is 12.5. The van der Waals surface area contributed by atoms with Gasteiger partial charge < -0.3 is 25.6 Å². The van der Waals surface area contributed by atoms with Gasteiger partial charge in [-0.25, -0.2) is 4.98 Å². The summed E-state index contributed by atoms with van der Waals surface area (Å²) < 4.78 is 5.32. The maximum absolute atomic E-state index is 12.2. The number of rotatable bonds is 17. The number of hydrogen-bond acceptors (Lipinski definition) is 7. The van der Waals surface area contributed by atoms with Crippen molar-refractivity contribution in [3.05, 3.63) is 148 Å². The van der Waals surface area contributed by atoms with Gasteiger partial charge in [0.2, 0.25) is 6.41 Å². The van der Waals surface area contributed by atoms with E-state index in [1.807, 2.05) is 42.5 Å². The number of pyridine rings is 1. The van der Waals surface area contributed by atoms with Gasteiger partial charge in [0, 0.05) is 65.8 Å². The monoisotopic (exact) mass is 720 g/mol. The molecule has 0 saturated carbocycles. The summed E-state index contributed by atoms with van der Waals surface area (Å²) in [5, 5.41) is 19.5. The third-order valence-electron chi connectivity index (χ3n) is 8.55. The lowest BCUT2D eigenvalue weighted by atomic mass is 10.0. The molecule has 2 amide bonds. The molecule has 0 aliphatic rings. The largest absolute Gasteiger partial charge is 0.387 e. The van der Waals surface area contributed by atoms with Crippen LogP contribution in [0.5, 0.6) is 0 Å². The molecule has 3 aromatic carbocycles.